The predicted octanol–water partition coefficient (Wildman–Crippen LogP) is 3.28. The molecule has 2 N–H and O–H groups in total. The molecule has 0 aromatic carbocycles. The second-order valence-corrected chi connectivity index (χ2v) is 5.58. The molecule has 2 heterocycles. The zero-order valence-corrected chi connectivity index (χ0v) is 11.3. The van der Waals surface area contributed by atoms with Crippen molar-refractivity contribution in [2.45, 2.75) is 38.6 Å². The van der Waals surface area contributed by atoms with Gasteiger partial charge in [-0.3, -0.25) is 0 Å². The van der Waals surface area contributed by atoms with Gasteiger partial charge in [-0.05, 0) is 30.9 Å². The van der Waals surface area contributed by atoms with Crippen molar-refractivity contribution in [3.05, 3.63) is 30.9 Å². The fraction of sp³-hybridized carbons (Fsp3) is 0.467. The molecule has 19 heavy (non-hydrogen) atoms. The van der Waals surface area contributed by atoms with Crippen molar-refractivity contribution in [1.29, 1.82) is 0 Å². The summed E-state index contributed by atoms with van der Waals surface area (Å²) in [5.74, 6) is 1.36. The van der Waals surface area contributed by atoms with Crippen LogP contribution >= 0.6 is 0 Å². The molecule has 1 aliphatic rings. The summed E-state index contributed by atoms with van der Waals surface area (Å²) in [6.45, 7) is 2.34. The average molecular weight is 256 g/mol. The molecule has 2 unspecified atom stereocenters. The summed E-state index contributed by atoms with van der Waals surface area (Å²) in [5, 5.41) is 0. The Labute approximate surface area is 113 Å². The van der Waals surface area contributed by atoms with Gasteiger partial charge in [0, 0.05) is 17.8 Å². The van der Waals surface area contributed by atoms with E-state index in [0.29, 0.717) is 11.9 Å². The van der Waals surface area contributed by atoms with Crippen LogP contribution in [0.25, 0.3) is 11.3 Å². The van der Waals surface area contributed by atoms with Crippen LogP contribution < -0.4 is 5.73 Å². The molecule has 2 atom stereocenters. The number of nitrogens with two attached hydrogens (primary N) is 1. The van der Waals surface area contributed by atoms with E-state index in [2.05, 4.69) is 21.5 Å². The van der Waals surface area contributed by atoms with Crippen LogP contribution in [-0.2, 0) is 0 Å². The van der Waals surface area contributed by atoms with E-state index in [1.54, 1.807) is 0 Å². The fourth-order valence-electron chi connectivity index (χ4n) is 3.03. The van der Waals surface area contributed by atoms with Crippen molar-refractivity contribution in [1.82, 2.24) is 14.5 Å². The molecule has 2 aromatic rings. The monoisotopic (exact) mass is 256 g/mol. The first-order valence-electron chi connectivity index (χ1n) is 6.98. The van der Waals surface area contributed by atoms with Crippen molar-refractivity contribution in [2.24, 2.45) is 5.92 Å². The zero-order chi connectivity index (χ0) is 13.2. The lowest BCUT2D eigenvalue weighted by Crippen LogP contribution is -2.17. The molecule has 0 spiro atoms. The van der Waals surface area contributed by atoms with Crippen LogP contribution in [0.1, 0.15) is 38.6 Å². The first kappa shape index (κ1) is 12.2. The fourth-order valence-corrected chi connectivity index (χ4v) is 3.03. The minimum Gasteiger partial charge on any atom is -0.384 e. The van der Waals surface area contributed by atoms with Gasteiger partial charge >= 0.3 is 0 Å². The zero-order valence-electron chi connectivity index (χ0n) is 11.3. The Bertz CT molecular complexity index is 544. The highest BCUT2D eigenvalue weighted by atomic mass is 15.1. The third-order valence-electron chi connectivity index (χ3n) is 4.05. The molecule has 1 aliphatic carbocycles. The number of hydrogen-bond donors (Lipinski definition) is 1. The van der Waals surface area contributed by atoms with E-state index in [4.69, 9.17) is 5.73 Å². The van der Waals surface area contributed by atoms with E-state index >= 15 is 0 Å². The molecule has 1 fully saturated rings. The SMILES string of the molecule is CC1CCCC(n2cncc2-c2ccc(N)nc2)C1. The molecular formula is C15H20N4. The normalized spacial score (nSPS) is 23.4. The van der Waals surface area contributed by atoms with E-state index in [1.807, 2.05) is 30.9 Å². The molecule has 0 aliphatic heterocycles. The number of aromatic nitrogens is 3. The van der Waals surface area contributed by atoms with Crippen molar-refractivity contribution >= 4 is 5.82 Å². The second-order valence-electron chi connectivity index (χ2n) is 5.58. The highest BCUT2D eigenvalue weighted by Crippen LogP contribution is 2.34. The lowest BCUT2D eigenvalue weighted by molar-refractivity contribution is 0.284. The van der Waals surface area contributed by atoms with Gasteiger partial charge in [-0.15, -0.1) is 0 Å². The van der Waals surface area contributed by atoms with E-state index in [1.165, 1.54) is 25.7 Å². The Hall–Kier alpha value is -1.84. The summed E-state index contributed by atoms with van der Waals surface area (Å²) in [5.41, 5.74) is 7.88. The maximum absolute atomic E-state index is 5.65. The summed E-state index contributed by atoms with van der Waals surface area (Å²) in [7, 11) is 0. The highest BCUT2D eigenvalue weighted by Gasteiger charge is 2.22. The number of pyridine rings is 1. The number of hydrogen-bond acceptors (Lipinski definition) is 3. The lowest BCUT2D eigenvalue weighted by atomic mass is 9.87. The molecule has 3 rings (SSSR count). The van der Waals surface area contributed by atoms with Gasteiger partial charge in [-0.25, -0.2) is 9.97 Å². The maximum atomic E-state index is 5.65. The maximum Gasteiger partial charge on any atom is 0.123 e. The Kier molecular flexibility index (Phi) is 3.23. The number of anilines is 1. The van der Waals surface area contributed by atoms with Gasteiger partial charge in [0.25, 0.3) is 0 Å². The first-order chi connectivity index (χ1) is 9.24. The van der Waals surface area contributed by atoms with Crippen LogP contribution in [0.3, 0.4) is 0 Å². The van der Waals surface area contributed by atoms with E-state index < -0.39 is 0 Å². The molecule has 0 bridgehead atoms. The van der Waals surface area contributed by atoms with Gasteiger partial charge < -0.3 is 10.3 Å². The molecule has 100 valence electrons. The van der Waals surface area contributed by atoms with E-state index in [-0.39, 0.29) is 0 Å². The quantitative estimate of drug-likeness (QED) is 0.897. The smallest absolute Gasteiger partial charge is 0.123 e. The van der Waals surface area contributed by atoms with Gasteiger partial charge in [0.1, 0.15) is 5.82 Å². The Balaban J connectivity index is 1.91. The molecule has 4 nitrogen and oxygen atoms in total. The van der Waals surface area contributed by atoms with E-state index in [0.717, 1.165) is 17.2 Å². The molecule has 0 amide bonds. The second kappa shape index (κ2) is 5.03. The third kappa shape index (κ3) is 2.48. The van der Waals surface area contributed by atoms with Crippen LogP contribution in [0.4, 0.5) is 5.82 Å². The predicted molar refractivity (Wildman–Crippen MR) is 76.5 cm³/mol. The van der Waals surface area contributed by atoms with Gasteiger partial charge in [-0.1, -0.05) is 19.8 Å². The van der Waals surface area contributed by atoms with Gasteiger partial charge in [0.05, 0.1) is 18.2 Å². The minimum absolute atomic E-state index is 0.557. The Morgan fingerprint density at radius 1 is 1.26 bits per heavy atom. The summed E-state index contributed by atoms with van der Waals surface area (Å²) in [4.78, 5) is 8.50. The Morgan fingerprint density at radius 3 is 2.89 bits per heavy atom. The van der Waals surface area contributed by atoms with Crippen LogP contribution in [0.15, 0.2) is 30.9 Å². The van der Waals surface area contributed by atoms with Crippen molar-refractivity contribution in [3.63, 3.8) is 0 Å². The van der Waals surface area contributed by atoms with Crippen LogP contribution in [0.2, 0.25) is 0 Å². The van der Waals surface area contributed by atoms with Gasteiger partial charge in [0.15, 0.2) is 0 Å². The lowest BCUT2D eigenvalue weighted by Gasteiger charge is -2.29. The largest absolute Gasteiger partial charge is 0.384 e. The molecule has 0 saturated heterocycles. The third-order valence-corrected chi connectivity index (χ3v) is 4.05. The number of imidazole rings is 1. The van der Waals surface area contributed by atoms with Crippen molar-refractivity contribution in [2.75, 3.05) is 5.73 Å². The Morgan fingerprint density at radius 2 is 2.16 bits per heavy atom. The molecule has 2 aromatic heterocycles. The molecular weight excluding hydrogens is 236 g/mol. The van der Waals surface area contributed by atoms with Crippen LogP contribution in [0.5, 0.6) is 0 Å². The number of rotatable bonds is 2. The van der Waals surface area contributed by atoms with Crippen LogP contribution in [-0.4, -0.2) is 14.5 Å². The number of nitrogen functional groups attached to an aromatic ring is 1. The standard InChI is InChI=1S/C15H20N4/c1-11-3-2-4-13(7-11)19-10-17-9-14(19)12-5-6-15(16)18-8-12/h5-6,8-11,13H,2-4,7H2,1H3,(H2,16,18). The van der Waals surface area contributed by atoms with Crippen molar-refractivity contribution < 1.29 is 0 Å². The summed E-state index contributed by atoms with van der Waals surface area (Å²) in [6, 6.07) is 4.43. The topological polar surface area (TPSA) is 56.7 Å². The van der Waals surface area contributed by atoms with Gasteiger partial charge in [0.2, 0.25) is 0 Å². The molecule has 4 heteroatoms. The molecule has 0 radical (unpaired) electrons. The highest BCUT2D eigenvalue weighted by molar-refractivity contribution is 5.59. The van der Waals surface area contributed by atoms with E-state index in [9.17, 15) is 0 Å². The minimum atomic E-state index is 0.557. The van der Waals surface area contributed by atoms with Crippen LogP contribution in [0, 0.1) is 5.92 Å². The summed E-state index contributed by atoms with van der Waals surface area (Å²) >= 11 is 0. The summed E-state index contributed by atoms with van der Waals surface area (Å²) < 4.78 is 2.31. The number of nitrogens with zero attached hydrogens (tertiary/aromatic N) is 3. The summed E-state index contributed by atoms with van der Waals surface area (Å²) in [6.07, 6.45) is 10.9. The molecule has 1 saturated carbocycles. The van der Waals surface area contributed by atoms with Crippen molar-refractivity contribution in [3.8, 4) is 11.3 Å². The average Bonchev–Trinajstić information content (AvgIpc) is 2.89. The van der Waals surface area contributed by atoms with Gasteiger partial charge in [-0.2, -0.15) is 0 Å². The first-order valence-corrected chi connectivity index (χ1v) is 6.98.